The summed E-state index contributed by atoms with van der Waals surface area (Å²) in [6, 6.07) is 6.03. The van der Waals surface area contributed by atoms with Gasteiger partial charge in [-0.05, 0) is 44.7 Å². The van der Waals surface area contributed by atoms with Gasteiger partial charge in [0.1, 0.15) is 11.6 Å². The Bertz CT molecular complexity index is 699. The van der Waals surface area contributed by atoms with Crippen molar-refractivity contribution in [1.29, 1.82) is 0 Å². The standard InChI is InChI=1S/C19H26N4O2/c1-3-25-17-12-14(2)7-8-15(17)13-22-19(24)23-11-5-4-6-16(23)18-20-9-10-21-18/h7-10,12,16H,3-6,11,13H2,1-2H3,(H,20,21)(H,22,24). The Hall–Kier alpha value is -2.50. The van der Waals surface area contributed by atoms with E-state index < -0.39 is 0 Å². The lowest BCUT2D eigenvalue weighted by Crippen LogP contribution is -2.44. The SMILES string of the molecule is CCOc1cc(C)ccc1CNC(=O)N1CCCCC1c1ncc[nH]1. The number of benzene rings is 1. The third-order valence-corrected chi connectivity index (χ3v) is 4.55. The summed E-state index contributed by atoms with van der Waals surface area (Å²) < 4.78 is 5.70. The molecule has 1 saturated heterocycles. The van der Waals surface area contributed by atoms with Gasteiger partial charge in [0.25, 0.3) is 0 Å². The van der Waals surface area contributed by atoms with E-state index in [1.165, 1.54) is 0 Å². The smallest absolute Gasteiger partial charge is 0.318 e. The van der Waals surface area contributed by atoms with E-state index in [9.17, 15) is 4.79 Å². The lowest BCUT2D eigenvalue weighted by molar-refractivity contribution is 0.147. The molecule has 25 heavy (non-hydrogen) atoms. The van der Waals surface area contributed by atoms with Crippen molar-refractivity contribution in [1.82, 2.24) is 20.2 Å². The van der Waals surface area contributed by atoms with Crippen molar-refractivity contribution in [2.75, 3.05) is 13.2 Å². The first-order valence-corrected chi connectivity index (χ1v) is 8.95. The first kappa shape index (κ1) is 17.3. The molecule has 1 aromatic heterocycles. The average molecular weight is 342 g/mol. The number of likely N-dealkylation sites (tertiary alicyclic amines) is 1. The molecule has 1 aliphatic rings. The monoisotopic (exact) mass is 342 g/mol. The minimum Gasteiger partial charge on any atom is -0.494 e. The van der Waals surface area contributed by atoms with Crippen molar-refractivity contribution in [3.8, 4) is 5.75 Å². The van der Waals surface area contributed by atoms with E-state index in [1.807, 2.05) is 36.9 Å². The molecule has 2 aromatic rings. The molecule has 2 amide bonds. The summed E-state index contributed by atoms with van der Waals surface area (Å²) in [7, 11) is 0. The van der Waals surface area contributed by atoms with Crippen LogP contribution in [0.2, 0.25) is 0 Å². The van der Waals surface area contributed by atoms with Crippen molar-refractivity contribution < 1.29 is 9.53 Å². The number of aryl methyl sites for hydroxylation is 1. The van der Waals surface area contributed by atoms with E-state index in [1.54, 1.807) is 12.4 Å². The van der Waals surface area contributed by atoms with Crippen LogP contribution in [0, 0.1) is 6.92 Å². The molecule has 134 valence electrons. The van der Waals surface area contributed by atoms with Gasteiger partial charge in [-0.1, -0.05) is 12.1 Å². The number of aromatic amines is 1. The number of hydrogen-bond donors (Lipinski definition) is 2. The van der Waals surface area contributed by atoms with Crippen molar-refractivity contribution in [3.63, 3.8) is 0 Å². The van der Waals surface area contributed by atoms with Gasteiger partial charge in [-0.15, -0.1) is 0 Å². The molecule has 0 radical (unpaired) electrons. The van der Waals surface area contributed by atoms with E-state index in [4.69, 9.17) is 4.74 Å². The topological polar surface area (TPSA) is 70.2 Å². The molecule has 2 heterocycles. The number of hydrogen-bond acceptors (Lipinski definition) is 3. The van der Waals surface area contributed by atoms with Gasteiger partial charge in [0, 0.05) is 31.0 Å². The van der Waals surface area contributed by atoms with Crippen LogP contribution in [0.25, 0.3) is 0 Å². The number of amides is 2. The summed E-state index contributed by atoms with van der Waals surface area (Å²) in [4.78, 5) is 22.1. The highest BCUT2D eigenvalue weighted by atomic mass is 16.5. The van der Waals surface area contributed by atoms with Gasteiger partial charge in [-0.25, -0.2) is 9.78 Å². The Morgan fingerprint density at radius 2 is 2.32 bits per heavy atom. The Morgan fingerprint density at radius 3 is 3.08 bits per heavy atom. The Balaban J connectivity index is 1.67. The van der Waals surface area contributed by atoms with Crippen molar-refractivity contribution in [2.45, 2.75) is 45.7 Å². The zero-order valence-corrected chi connectivity index (χ0v) is 14.9. The van der Waals surface area contributed by atoms with Gasteiger partial charge in [0.2, 0.25) is 0 Å². The fourth-order valence-electron chi connectivity index (χ4n) is 3.29. The molecule has 1 unspecified atom stereocenters. The maximum absolute atomic E-state index is 12.7. The van der Waals surface area contributed by atoms with Gasteiger partial charge in [0.05, 0.1) is 12.6 Å². The minimum absolute atomic E-state index is 0.0214. The number of imidazole rings is 1. The van der Waals surface area contributed by atoms with E-state index in [-0.39, 0.29) is 12.1 Å². The summed E-state index contributed by atoms with van der Waals surface area (Å²) in [5.74, 6) is 1.70. The third-order valence-electron chi connectivity index (χ3n) is 4.55. The summed E-state index contributed by atoms with van der Waals surface area (Å²) in [6.07, 6.45) is 6.62. The molecule has 6 nitrogen and oxygen atoms in total. The second-order valence-corrected chi connectivity index (χ2v) is 6.38. The first-order valence-electron chi connectivity index (χ1n) is 8.95. The molecule has 0 saturated carbocycles. The van der Waals surface area contributed by atoms with Crippen LogP contribution in [0.4, 0.5) is 4.79 Å². The van der Waals surface area contributed by atoms with Crippen LogP contribution in [0.3, 0.4) is 0 Å². The summed E-state index contributed by atoms with van der Waals surface area (Å²) in [5, 5.41) is 3.04. The quantitative estimate of drug-likeness (QED) is 0.873. The maximum Gasteiger partial charge on any atom is 0.318 e. The molecule has 0 aliphatic carbocycles. The summed E-state index contributed by atoms with van der Waals surface area (Å²) >= 11 is 0. The fraction of sp³-hybridized carbons (Fsp3) is 0.474. The Kier molecular flexibility index (Phi) is 5.58. The van der Waals surface area contributed by atoms with E-state index in [2.05, 4.69) is 15.3 Å². The number of ether oxygens (including phenoxy) is 1. The fourth-order valence-corrected chi connectivity index (χ4v) is 3.29. The molecule has 3 rings (SSSR count). The minimum atomic E-state index is -0.0517. The van der Waals surface area contributed by atoms with Gasteiger partial charge < -0.3 is 19.9 Å². The van der Waals surface area contributed by atoms with Crippen LogP contribution in [-0.4, -0.2) is 34.1 Å². The molecule has 1 aromatic carbocycles. The van der Waals surface area contributed by atoms with E-state index in [0.717, 1.165) is 48.5 Å². The molecular weight excluding hydrogens is 316 g/mol. The number of H-pyrrole nitrogens is 1. The second kappa shape index (κ2) is 8.05. The first-order chi connectivity index (χ1) is 12.2. The number of nitrogens with zero attached hydrogens (tertiary/aromatic N) is 2. The maximum atomic E-state index is 12.7. The second-order valence-electron chi connectivity index (χ2n) is 6.38. The van der Waals surface area contributed by atoms with Gasteiger partial charge in [-0.2, -0.15) is 0 Å². The molecule has 0 spiro atoms. The normalized spacial score (nSPS) is 17.4. The molecule has 6 heteroatoms. The van der Waals surface area contributed by atoms with Crippen molar-refractivity contribution >= 4 is 6.03 Å². The largest absolute Gasteiger partial charge is 0.494 e. The zero-order chi connectivity index (χ0) is 17.6. The van der Waals surface area contributed by atoms with Gasteiger partial charge in [0.15, 0.2) is 0 Å². The van der Waals surface area contributed by atoms with Crippen LogP contribution < -0.4 is 10.1 Å². The molecule has 0 bridgehead atoms. The molecule has 1 fully saturated rings. The number of carbonyl (C=O) groups excluding carboxylic acids is 1. The van der Waals surface area contributed by atoms with Crippen LogP contribution in [0.1, 0.15) is 49.2 Å². The van der Waals surface area contributed by atoms with E-state index in [0.29, 0.717) is 13.2 Å². The number of nitrogens with one attached hydrogen (secondary N) is 2. The van der Waals surface area contributed by atoms with Crippen LogP contribution >= 0.6 is 0 Å². The molecule has 1 aliphatic heterocycles. The molecule has 1 atom stereocenters. The van der Waals surface area contributed by atoms with Gasteiger partial charge in [-0.3, -0.25) is 0 Å². The third kappa shape index (κ3) is 4.13. The van der Waals surface area contributed by atoms with E-state index >= 15 is 0 Å². The molecule has 2 N–H and O–H groups in total. The van der Waals surface area contributed by atoms with Crippen molar-refractivity contribution in [2.24, 2.45) is 0 Å². The summed E-state index contributed by atoms with van der Waals surface area (Å²) in [5.41, 5.74) is 2.14. The predicted molar refractivity (Wildman–Crippen MR) is 96.5 cm³/mol. The highest BCUT2D eigenvalue weighted by Gasteiger charge is 2.29. The Labute approximate surface area is 148 Å². The number of aromatic nitrogens is 2. The predicted octanol–water partition coefficient (Wildman–Crippen LogP) is 3.55. The lowest BCUT2D eigenvalue weighted by atomic mass is 10.0. The zero-order valence-electron chi connectivity index (χ0n) is 14.9. The highest BCUT2D eigenvalue weighted by molar-refractivity contribution is 5.74. The molecular formula is C19H26N4O2. The summed E-state index contributed by atoms with van der Waals surface area (Å²) in [6.45, 7) is 5.81. The van der Waals surface area contributed by atoms with Crippen molar-refractivity contribution in [3.05, 3.63) is 47.5 Å². The van der Waals surface area contributed by atoms with Crippen LogP contribution in [-0.2, 0) is 6.54 Å². The highest BCUT2D eigenvalue weighted by Crippen LogP contribution is 2.29. The number of urea groups is 1. The lowest BCUT2D eigenvalue weighted by Gasteiger charge is -2.34. The number of rotatable bonds is 5. The Morgan fingerprint density at radius 1 is 1.44 bits per heavy atom. The van der Waals surface area contributed by atoms with Crippen LogP contribution in [0.5, 0.6) is 5.75 Å². The number of carbonyl (C=O) groups is 1. The average Bonchev–Trinajstić information content (AvgIpc) is 3.15. The van der Waals surface area contributed by atoms with Gasteiger partial charge >= 0.3 is 6.03 Å². The number of piperidine rings is 1. The van der Waals surface area contributed by atoms with Crippen LogP contribution in [0.15, 0.2) is 30.6 Å².